The fourth-order valence-electron chi connectivity index (χ4n) is 0.584. The molecule has 0 bridgehead atoms. The van der Waals surface area contributed by atoms with Crippen LogP contribution in [0.4, 0.5) is 4.79 Å². The Bertz CT molecular complexity index is 219. The topological polar surface area (TPSA) is 68.5 Å². The van der Waals surface area contributed by atoms with Gasteiger partial charge in [0.1, 0.15) is 0 Å². The summed E-state index contributed by atoms with van der Waals surface area (Å²) in [5.74, 6) is -0.599. The number of hydrogen-bond donors (Lipinski definition) is 1. The van der Waals surface area contributed by atoms with E-state index in [0.29, 0.717) is 0 Å². The third-order valence-corrected chi connectivity index (χ3v) is 1.75. The predicted molar refractivity (Wildman–Crippen MR) is 50.9 cm³/mol. The molecule has 4 nitrogen and oxygen atoms in total. The van der Waals surface area contributed by atoms with Crippen molar-refractivity contribution in [3.05, 3.63) is 5.32 Å². The van der Waals surface area contributed by atoms with E-state index in [1.54, 1.807) is 20.8 Å². The van der Waals surface area contributed by atoms with Gasteiger partial charge >= 0.3 is 32.7 Å². The third kappa shape index (κ3) is 6.68. The smallest absolute Gasteiger partial charge is 0.655 e. The molecule has 1 radical (unpaired) electrons. The fourth-order valence-corrected chi connectivity index (χ4v) is 0.584. The van der Waals surface area contributed by atoms with E-state index in [9.17, 15) is 14.7 Å². The molecule has 1 atom stereocenters. The molecule has 1 unspecified atom stereocenters. The molecule has 0 aromatic heterocycles. The molecular formula is C8H14BNO3Y+2. The third-order valence-electron chi connectivity index (χ3n) is 1.75. The van der Waals surface area contributed by atoms with Crippen molar-refractivity contribution in [3.8, 4) is 0 Å². The Morgan fingerprint density at radius 3 is 2.14 bits per heavy atom. The van der Waals surface area contributed by atoms with E-state index in [-0.39, 0.29) is 38.4 Å². The minimum atomic E-state index is -0.844. The Morgan fingerprint density at radius 2 is 1.86 bits per heavy atom. The molecule has 0 heterocycles. The Labute approximate surface area is 110 Å². The molecule has 0 saturated carbocycles. The van der Waals surface area contributed by atoms with Gasteiger partial charge in [0.15, 0.2) is 0 Å². The number of nitrogens with zero attached hydrogens (tertiary/aromatic N) is 1. The maximum Gasteiger partial charge on any atom is 3.00 e. The van der Waals surface area contributed by atoms with Crippen molar-refractivity contribution >= 4 is 18.8 Å². The first-order chi connectivity index (χ1) is 5.75. The maximum absolute atomic E-state index is 11.0. The van der Waals surface area contributed by atoms with Gasteiger partial charge < -0.3 is 20.0 Å². The van der Waals surface area contributed by atoms with Crippen molar-refractivity contribution in [1.82, 2.24) is 0 Å². The summed E-state index contributed by atoms with van der Waals surface area (Å²) in [5, 5.41) is 12.9. The van der Waals surface area contributed by atoms with Crippen molar-refractivity contribution in [1.29, 1.82) is 0 Å². The molecule has 0 fully saturated rings. The van der Waals surface area contributed by atoms with Crippen LogP contribution in [-0.2, 0) is 37.5 Å². The number of aliphatic hydroxyl groups is 1. The molecule has 0 saturated heterocycles. The number of aliphatic hydroxyl groups excluding tert-OH is 1. The normalized spacial score (nSPS) is 12.4. The van der Waals surface area contributed by atoms with E-state index in [1.807, 2.05) is 0 Å². The molecule has 73 valence electrons. The van der Waals surface area contributed by atoms with Crippen LogP contribution in [-0.4, -0.2) is 35.5 Å². The summed E-state index contributed by atoms with van der Waals surface area (Å²) < 4.78 is 0. The van der Waals surface area contributed by atoms with Crippen molar-refractivity contribution in [2.24, 2.45) is 0 Å². The first-order valence-corrected chi connectivity index (χ1v) is 4.06. The van der Waals surface area contributed by atoms with Gasteiger partial charge in [0.05, 0.1) is 5.68 Å². The summed E-state index contributed by atoms with van der Waals surface area (Å²) in [6.45, 7) is 6.08. The van der Waals surface area contributed by atoms with Gasteiger partial charge in [-0.15, -0.1) is 0 Å². The standard InChI is InChI=1S/C8H15BNO3.Y/c1-5(11)8(3,4)10-7(13)9-6(2)12;/h5,11H,1-4H3,(H,10,13);/q;+3/p-1. The van der Waals surface area contributed by atoms with Gasteiger partial charge in [0.2, 0.25) is 0 Å². The van der Waals surface area contributed by atoms with Crippen LogP contribution < -0.4 is 0 Å². The molecule has 1 amide bonds. The molecule has 0 aliphatic carbocycles. The number of hydrogen-bond acceptors (Lipinski definition) is 3. The first kappa shape index (κ1) is 16.7. The van der Waals surface area contributed by atoms with Gasteiger partial charge in [0.25, 0.3) is 7.28 Å². The Balaban J connectivity index is 0. The van der Waals surface area contributed by atoms with Crippen LogP contribution in [0.2, 0.25) is 0 Å². The zero-order valence-electron chi connectivity index (χ0n) is 8.94. The van der Waals surface area contributed by atoms with Crippen LogP contribution in [0.1, 0.15) is 27.7 Å². The zero-order valence-corrected chi connectivity index (χ0v) is 11.8. The molecular weight excluding hydrogens is 258 g/mol. The SMILES string of the molecule is CC(=O)[B]C(=O)[N-]C(C)(C)C(C)O.[Y+3]. The van der Waals surface area contributed by atoms with Crippen LogP contribution in [0, 0.1) is 0 Å². The van der Waals surface area contributed by atoms with Gasteiger partial charge in [-0.2, -0.15) is 0 Å². The quantitative estimate of drug-likeness (QED) is 0.772. The second-order valence-electron chi connectivity index (χ2n) is 3.53. The van der Waals surface area contributed by atoms with E-state index in [0.717, 1.165) is 7.28 Å². The summed E-state index contributed by atoms with van der Waals surface area (Å²) in [5.41, 5.74) is -1.18. The van der Waals surface area contributed by atoms with Crippen molar-refractivity contribution in [2.45, 2.75) is 39.3 Å². The Morgan fingerprint density at radius 1 is 1.43 bits per heavy atom. The number of carbonyl (C=O) groups excluding carboxylic acids is 2. The maximum atomic E-state index is 11.0. The minimum absolute atomic E-state index is 0. The second kappa shape index (κ2) is 6.70. The Kier molecular flexibility index (Phi) is 7.98. The molecule has 0 rings (SSSR count). The van der Waals surface area contributed by atoms with Gasteiger partial charge in [-0.25, -0.2) is 0 Å². The average molecular weight is 272 g/mol. The van der Waals surface area contributed by atoms with Crippen molar-refractivity contribution in [2.75, 3.05) is 0 Å². The zero-order chi connectivity index (χ0) is 10.6. The molecule has 14 heavy (non-hydrogen) atoms. The molecule has 0 aliphatic heterocycles. The summed E-state index contributed by atoms with van der Waals surface area (Å²) >= 11 is 0. The molecule has 0 aliphatic rings. The van der Waals surface area contributed by atoms with Crippen LogP contribution in [0.25, 0.3) is 5.32 Å². The van der Waals surface area contributed by atoms with Crippen LogP contribution in [0.15, 0.2) is 0 Å². The fraction of sp³-hybridized carbons (Fsp3) is 0.750. The van der Waals surface area contributed by atoms with Gasteiger partial charge in [-0.05, 0) is 13.8 Å². The summed E-state index contributed by atoms with van der Waals surface area (Å²) in [6.07, 6.45) is -0.725. The summed E-state index contributed by atoms with van der Waals surface area (Å²) in [6, 6.07) is 0. The summed E-state index contributed by atoms with van der Waals surface area (Å²) in [7, 11) is 0.907. The number of amides is 1. The van der Waals surface area contributed by atoms with E-state index < -0.39 is 17.4 Å². The average Bonchev–Trinajstić information content (AvgIpc) is 1.82. The van der Waals surface area contributed by atoms with Crippen molar-refractivity contribution in [3.63, 3.8) is 0 Å². The monoisotopic (exact) mass is 272 g/mol. The van der Waals surface area contributed by atoms with Crippen LogP contribution >= 0.6 is 0 Å². The van der Waals surface area contributed by atoms with E-state index in [4.69, 9.17) is 0 Å². The molecule has 0 spiro atoms. The van der Waals surface area contributed by atoms with Gasteiger partial charge in [-0.3, -0.25) is 0 Å². The van der Waals surface area contributed by atoms with Gasteiger partial charge in [0, 0.05) is 11.9 Å². The van der Waals surface area contributed by atoms with E-state index in [2.05, 4.69) is 5.32 Å². The predicted octanol–water partition coefficient (Wildman–Crippen LogP) is 0.888. The largest absolute Gasteiger partial charge is 3.00 e. The van der Waals surface area contributed by atoms with Crippen molar-refractivity contribution < 1.29 is 47.4 Å². The molecule has 0 aromatic rings. The van der Waals surface area contributed by atoms with Crippen LogP contribution in [0.3, 0.4) is 0 Å². The second-order valence-corrected chi connectivity index (χ2v) is 3.53. The number of rotatable bonds is 4. The first-order valence-electron chi connectivity index (χ1n) is 4.06. The summed E-state index contributed by atoms with van der Waals surface area (Å²) in [4.78, 5) is 21.5. The van der Waals surface area contributed by atoms with Crippen LogP contribution in [0.5, 0.6) is 0 Å². The molecule has 1 N–H and O–H groups in total. The molecule has 0 aromatic carbocycles. The van der Waals surface area contributed by atoms with Gasteiger partial charge in [-0.1, -0.05) is 19.4 Å². The van der Waals surface area contributed by atoms with E-state index >= 15 is 0 Å². The Hall–Kier alpha value is 0.269. The number of carbonyl (C=O) groups is 2. The molecule has 6 heteroatoms. The minimum Gasteiger partial charge on any atom is -0.655 e. The van der Waals surface area contributed by atoms with E-state index in [1.165, 1.54) is 6.92 Å².